The van der Waals surface area contributed by atoms with E-state index in [1.54, 1.807) is 28.8 Å². The minimum Gasteiger partial charge on any atom is -0.493 e. The second-order valence-electron chi connectivity index (χ2n) is 7.83. The van der Waals surface area contributed by atoms with Crippen molar-refractivity contribution in [1.29, 1.82) is 5.26 Å². The lowest BCUT2D eigenvalue weighted by Gasteiger charge is -2.14. The summed E-state index contributed by atoms with van der Waals surface area (Å²) in [6.45, 7) is 4.50. The molecule has 0 aliphatic carbocycles. The van der Waals surface area contributed by atoms with E-state index in [1.165, 1.54) is 11.8 Å². The van der Waals surface area contributed by atoms with Crippen LogP contribution < -0.4 is 10.3 Å². The van der Waals surface area contributed by atoms with E-state index in [9.17, 15) is 4.79 Å². The Morgan fingerprint density at radius 3 is 2.59 bits per heavy atom. The second-order valence-corrected chi connectivity index (χ2v) is 8.89. The van der Waals surface area contributed by atoms with E-state index in [-0.39, 0.29) is 5.56 Å². The second kappa shape index (κ2) is 9.04. The molecule has 2 heterocycles. The van der Waals surface area contributed by atoms with Crippen LogP contribution in [0.2, 0.25) is 0 Å². The summed E-state index contributed by atoms with van der Waals surface area (Å²) < 4.78 is 9.38. The quantitative estimate of drug-likeness (QED) is 0.266. The van der Waals surface area contributed by atoms with Gasteiger partial charge in [-0.1, -0.05) is 36.0 Å². The smallest absolute Gasteiger partial charge is 0.267 e. The average molecular weight is 468 g/mol. The largest absolute Gasteiger partial charge is 0.493 e. The van der Waals surface area contributed by atoms with E-state index in [0.29, 0.717) is 40.0 Å². The molecule has 0 N–H and O–H groups in total. The summed E-state index contributed by atoms with van der Waals surface area (Å²) >= 11 is 1.51. The number of hydrogen-bond acceptors (Lipinski definition) is 6. The topological polar surface area (TPSA) is 85.2 Å². The van der Waals surface area contributed by atoms with Crippen LogP contribution in [0.15, 0.2) is 76.7 Å². The molecule has 0 atom stereocenters. The number of rotatable bonds is 6. The first-order valence-electron chi connectivity index (χ1n) is 10.8. The van der Waals surface area contributed by atoms with Crippen LogP contribution in [0.3, 0.4) is 0 Å². The van der Waals surface area contributed by atoms with Gasteiger partial charge in [0.1, 0.15) is 5.75 Å². The monoisotopic (exact) mass is 467 g/mol. The molecule has 0 radical (unpaired) electrons. The Labute approximate surface area is 200 Å². The van der Waals surface area contributed by atoms with Crippen molar-refractivity contribution in [1.82, 2.24) is 19.2 Å². The Morgan fingerprint density at radius 2 is 1.79 bits per heavy atom. The van der Waals surface area contributed by atoms with Gasteiger partial charge in [0.2, 0.25) is 5.78 Å². The van der Waals surface area contributed by atoms with Gasteiger partial charge in [-0.25, -0.2) is 4.57 Å². The van der Waals surface area contributed by atoms with Gasteiger partial charge in [0.05, 0.1) is 34.8 Å². The molecule has 5 rings (SSSR count). The molecule has 0 aliphatic rings. The Morgan fingerprint density at radius 1 is 1.00 bits per heavy atom. The molecule has 3 aromatic carbocycles. The predicted octanol–water partition coefficient (Wildman–Crippen LogP) is 4.69. The Kier molecular flexibility index (Phi) is 5.78. The van der Waals surface area contributed by atoms with E-state index in [1.807, 2.05) is 60.7 Å². The first-order chi connectivity index (χ1) is 16.6. The normalized spacial score (nSPS) is 11.1. The van der Waals surface area contributed by atoms with Crippen LogP contribution >= 0.6 is 11.8 Å². The van der Waals surface area contributed by atoms with Gasteiger partial charge in [-0.15, -0.1) is 10.2 Å². The molecule has 0 saturated carbocycles. The molecule has 0 aliphatic heterocycles. The third kappa shape index (κ3) is 3.80. The first kappa shape index (κ1) is 21.7. The van der Waals surface area contributed by atoms with E-state index >= 15 is 0 Å². The van der Waals surface area contributed by atoms with E-state index in [4.69, 9.17) is 10.00 Å². The van der Waals surface area contributed by atoms with E-state index < -0.39 is 0 Å². The molecule has 0 spiro atoms. The number of benzene rings is 3. The lowest BCUT2D eigenvalue weighted by atomic mass is 10.1. The number of fused-ring (bicyclic) bond motifs is 3. The highest BCUT2D eigenvalue weighted by Gasteiger charge is 2.19. The standard InChI is InChI=1S/C26H21N5O2S/c1-17-6-5-9-22(18(17)2)30-24(32)21-7-3-4-8-23(21)31-25(30)28-29-26(31)34-15-14-33-20-12-10-19(16-27)11-13-20/h3-13H,14-15H2,1-2H3. The minimum atomic E-state index is -0.120. The molecule has 0 saturated heterocycles. The van der Waals surface area contributed by atoms with Crippen LogP contribution in [0.25, 0.3) is 22.4 Å². The maximum absolute atomic E-state index is 13.5. The highest BCUT2D eigenvalue weighted by Crippen LogP contribution is 2.25. The summed E-state index contributed by atoms with van der Waals surface area (Å²) in [4.78, 5) is 13.5. The molecular formula is C26H21N5O2S. The van der Waals surface area contributed by atoms with Crippen molar-refractivity contribution in [3.8, 4) is 17.5 Å². The lowest BCUT2D eigenvalue weighted by molar-refractivity contribution is 0.344. The van der Waals surface area contributed by atoms with Crippen LogP contribution in [0, 0.1) is 25.2 Å². The van der Waals surface area contributed by atoms with Gasteiger partial charge < -0.3 is 4.74 Å². The van der Waals surface area contributed by atoms with Crippen molar-refractivity contribution < 1.29 is 4.74 Å². The minimum absolute atomic E-state index is 0.120. The van der Waals surface area contributed by atoms with Gasteiger partial charge >= 0.3 is 0 Å². The molecule has 0 bridgehead atoms. The Bertz CT molecular complexity index is 1610. The van der Waals surface area contributed by atoms with Crippen molar-refractivity contribution in [2.75, 3.05) is 12.4 Å². The van der Waals surface area contributed by atoms with Crippen molar-refractivity contribution in [2.24, 2.45) is 0 Å². The molecule has 168 valence electrons. The zero-order chi connectivity index (χ0) is 23.7. The fourth-order valence-corrected chi connectivity index (χ4v) is 4.64. The third-order valence-electron chi connectivity index (χ3n) is 5.78. The van der Waals surface area contributed by atoms with Gasteiger partial charge in [-0.3, -0.25) is 9.20 Å². The molecule has 7 nitrogen and oxygen atoms in total. The summed E-state index contributed by atoms with van der Waals surface area (Å²) in [7, 11) is 0. The summed E-state index contributed by atoms with van der Waals surface area (Å²) in [5.74, 6) is 1.82. The number of para-hydroxylation sites is 1. The van der Waals surface area contributed by atoms with Crippen molar-refractivity contribution in [3.05, 3.63) is 93.8 Å². The van der Waals surface area contributed by atoms with Crippen LogP contribution in [-0.4, -0.2) is 31.5 Å². The summed E-state index contributed by atoms with van der Waals surface area (Å²) in [6.07, 6.45) is 0. The number of hydrogen-bond donors (Lipinski definition) is 0. The van der Waals surface area contributed by atoms with Crippen molar-refractivity contribution in [2.45, 2.75) is 19.0 Å². The first-order valence-corrected chi connectivity index (χ1v) is 11.8. The van der Waals surface area contributed by atoms with Crippen LogP contribution in [0.4, 0.5) is 0 Å². The molecule has 0 amide bonds. The van der Waals surface area contributed by atoms with Gasteiger partial charge in [0.15, 0.2) is 5.16 Å². The molecule has 8 heteroatoms. The molecule has 0 unspecified atom stereocenters. The van der Waals surface area contributed by atoms with Gasteiger partial charge in [-0.2, -0.15) is 5.26 Å². The average Bonchev–Trinajstić information content (AvgIpc) is 3.28. The summed E-state index contributed by atoms with van der Waals surface area (Å²) in [6, 6.07) is 22.6. The summed E-state index contributed by atoms with van der Waals surface area (Å²) in [5, 5.41) is 19.0. The number of aromatic nitrogens is 4. The van der Waals surface area contributed by atoms with E-state index in [2.05, 4.69) is 16.3 Å². The molecule has 34 heavy (non-hydrogen) atoms. The maximum atomic E-state index is 13.5. The zero-order valence-electron chi connectivity index (χ0n) is 18.7. The predicted molar refractivity (Wildman–Crippen MR) is 133 cm³/mol. The van der Waals surface area contributed by atoms with Crippen molar-refractivity contribution >= 4 is 28.4 Å². The Balaban J connectivity index is 1.51. The number of ether oxygens (including phenoxy) is 1. The third-order valence-corrected chi connectivity index (χ3v) is 6.67. The zero-order valence-corrected chi connectivity index (χ0v) is 19.5. The molecule has 2 aromatic heterocycles. The number of nitriles is 1. The maximum Gasteiger partial charge on any atom is 0.267 e. The number of nitrogens with zero attached hydrogens (tertiary/aromatic N) is 5. The van der Waals surface area contributed by atoms with Crippen LogP contribution in [0.1, 0.15) is 16.7 Å². The number of thioether (sulfide) groups is 1. The highest BCUT2D eigenvalue weighted by atomic mass is 32.2. The van der Waals surface area contributed by atoms with Crippen LogP contribution in [0.5, 0.6) is 5.75 Å². The summed E-state index contributed by atoms with van der Waals surface area (Å²) in [5.41, 5.74) is 4.17. The molecule has 0 fully saturated rings. The lowest BCUT2D eigenvalue weighted by Crippen LogP contribution is -2.22. The van der Waals surface area contributed by atoms with Gasteiger partial charge in [-0.05, 0) is 67.4 Å². The molecule has 5 aromatic rings. The Hall–Kier alpha value is -4.09. The van der Waals surface area contributed by atoms with Crippen LogP contribution in [-0.2, 0) is 0 Å². The highest BCUT2D eigenvalue weighted by molar-refractivity contribution is 7.99. The van der Waals surface area contributed by atoms with Gasteiger partial charge in [0.25, 0.3) is 5.56 Å². The van der Waals surface area contributed by atoms with E-state index in [0.717, 1.165) is 22.3 Å². The van der Waals surface area contributed by atoms with Gasteiger partial charge in [0, 0.05) is 5.75 Å². The number of aryl methyl sites for hydroxylation is 1. The fourth-order valence-electron chi connectivity index (χ4n) is 3.89. The van der Waals surface area contributed by atoms with Crippen molar-refractivity contribution in [3.63, 3.8) is 0 Å². The SMILES string of the molecule is Cc1cccc(-n2c(=O)c3ccccc3n3c(SCCOc4ccc(C#N)cc4)nnc23)c1C. The fraction of sp³-hybridized carbons (Fsp3) is 0.154. The molecular weight excluding hydrogens is 446 g/mol.